The van der Waals surface area contributed by atoms with Crippen molar-refractivity contribution in [2.75, 3.05) is 6.54 Å². The fourth-order valence-electron chi connectivity index (χ4n) is 1.69. The van der Waals surface area contributed by atoms with Gasteiger partial charge in [-0.3, -0.25) is 0 Å². The van der Waals surface area contributed by atoms with E-state index >= 15 is 0 Å². The summed E-state index contributed by atoms with van der Waals surface area (Å²) < 4.78 is 0. The first-order chi connectivity index (χ1) is 8.19. The molecule has 1 aromatic carbocycles. The fraction of sp³-hybridized carbons (Fsp3) is 0.429. The van der Waals surface area contributed by atoms with Crippen LogP contribution in [-0.4, -0.2) is 6.54 Å². The van der Waals surface area contributed by atoms with Crippen molar-refractivity contribution in [1.82, 2.24) is 5.32 Å². The van der Waals surface area contributed by atoms with Crippen molar-refractivity contribution in [2.24, 2.45) is 0 Å². The lowest BCUT2D eigenvalue weighted by molar-refractivity contribution is 0.513. The molecule has 0 heterocycles. The maximum Gasteiger partial charge on any atom is 0.0595 e. The van der Waals surface area contributed by atoms with Crippen molar-refractivity contribution >= 4 is 23.2 Å². The number of rotatable bonds is 6. The fourth-order valence-corrected chi connectivity index (χ4v) is 2.00. The second-order valence-electron chi connectivity index (χ2n) is 3.90. The van der Waals surface area contributed by atoms with E-state index < -0.39 is 0 Å². The zero-order valence-electron chi connectivity index (χ0n) is 9.97. The third-order valence-electron chi connectivity index (χ3n) is 2.64. The first-order valence-corrected chi connectivity index (χ1v) is 6.56. The van der Waals surface area contributed by atoms with Crippen LogP contribution in [0.4, 0.5) is 0 Å². The highest BCUT2D eigenvalue weighted by Gasteiger charge is 2.09. The van der Waals surface area contributed by atoms with Gasteiger partial charge < -0.3 is 5.32 Å². The van der Waals surface area contributed by atoms with Crippen molar-refractivity contribution in [3.05, 3.63) is 33.8 Å². The van der Waals surface area contributed by atoms with Gasteiger partial charge in [0.1, 0.15) is 0 Å². The average molecular weight is 270 g/mol. The van der Waals surface area contributed by atoms with E-state index in [1.54, 1.807) is 0 Å². The van der Waals surface area contributed by atoms with E-state index in [4.69, 9.17) is 29.6 Å². The molecule has 0 fully saturated rings. The Kier molecular flexibility index (Phi) is 6.44. The Morgan fingerprint density at radius 3 is 2.71 bits per heavy atom. The van der Waals surface area contributed by atoms with Crippen LogP contribution in [0.15, 0.2) is 18.2 Å². The van der Waals surface area contributed by atoms with Crippen molar-refractivity contribution < 1.29 is 0 Å². The molecule has 1 atom stereocenters. The lowest BCUT2D eigenvalue weighted by Crippen LogP contribution is -2.21. The molecule has 3 heteroatoms. The number of terminal acetylenes is 1. The normalized spacial score (nSPS) is 12.1. The molecule has 0 aliphatic carbocycles. The second kappa shape index (κ2) is 7.61. The summed E-state index contributed by atoms with van der Waals surface area (Å²) in [5.41, 5.74) is 1.17. The summed E-state index contributed by atoms with van der Waals surface area (Å²) in [5, 5.41) is 4.67. The van der Waals surface area contributed by atoms with E-state index in [1.165, 1.54) is 5.56 Å². The van der Waals surface area contributed by atoms with E-state index in [0.29, 0.717) is 16.1 Å². The molecular formula is C14H17Cl2N. The number of unbranched alkanes of at least 4 members (excludes halogenated alkanes) is 1. The highest BCUT2D eigenvalue weighted by Crippen LogP contribution is 2.26. The Labute approximate surface area is 114 Å². The van der Waals surface area contributed by atoms with Gasteiger partial charge in [0.2, 0.25) is 0 Å². The summed E-state index contributed by atoms with van der Waals surface area (Å²) in [7, 11) is 0. The molecule has 0 saturated heterocycles. The molecule has 1 rings (SSSR count). The van der Waals surface area contributed by atoms with Crippen LogP contribution in [0.25, 0.3) is 0 Å². The lowest BCUT2D eigenvalue weighted by Gasteiger charge is -2.17. The summed E-state index contributed by atoms with van der Waals surface area (Å²) >= 11 is 11.9. The minimum absolute atomic E-state index is 0.308. The Bertz CT molecular complexity index is 396. The quantitative estimate of drug-likeness (QED) is 0.595. The van der Waals surface area contributed by atoms with Crippen LogP contribution in [0, 0.1) is 12.3 Å². The summed E-state index contributed by atoms with van der Waals surface area (Å²) in [6, 6.07) is 6.08. The lowest BCUT2D eigenvalue weighted by atomic mass is 10.0. The largest absolute Gasteiger partial charge is 0.310 e. The average Bonchev–Trinajstić information content (AvgIpc) is 2.33. The van der Waals surface area contributed by atoms with Crippen LogP contribution in [-0.2, 0) is 0 Å². The molecule has 1 unspecified atom stereocenters. The molecule has 1 nitrogen and oxygen atoms in total. The molecule has 0 radical (unpaired) electrons. The minimum Gasteiger partial charge on any atom is -0.310 e. The third-order valence-corrected chi connectivity index (χ3v) is 3.38. The predicted octanol–water partition coefficient (Wildman–Crippen LogP) is 4.45. The Morgan fingerprint density at radius 2 is 2.12 bits per heavy atom. The van der Waals surface area contributed by atoms with Gasteiger partial charge in [-0.1, -0.05) is 36.2 Å². The van der Waals surface area contributed by atoms with E-state index in [2.05, 4.69) is 18.2 Å². The first-order valence-electron chi connectivity index (χ1n) is 5.80. The van der Waals surface area contributed by atoms with E-state index in [-0.39, 0.29) is 0 Å². The Balaban J connectivity index is 2.60. The highest BCUT2D eigenvalue weighted by atomic mass is 35.5. The number of hydrogen-bond donors (Lipinski definition) is 1. The molecule has 92 valence electrons. The second-order valence-corrected chi connectivity index (χ2v) is 4.71. The number of nitrogens with one attached hydrogen (secondary N) is 1. The van der Waals surface area contributed by atoms with E-state index in [0.717, 1.165) is 25.8 Å². The predicted molar refractivity (Wildman–Crippen MR) is 75.6 cm³/mol. The van der Waals surface area contributed by atoms with Gasteiger partial charge in [-0.25, -0.2) is 0 Å². The van der Waals surface area contributed by atoms with Crippen molar-refractivity contribution in [3.8, 4) is 12.3 Å². The summed E-state index contributed by atoms with van der Waals surface area (Å²) in [5.74, 6) is 2.64. The third kappa shape index (κ3) is 4.60. The van der Waals surface area contributed by atoms with Crippen LogP contribution in [0.3, 0.4) is 0 Å². The standard InChI is InChI=1S/C14H17Cl2N/c1-3-5-6-9-17-14(4-2)11-7-8-12(15)13(16)10-11/h1,7-8,10,14,17H,4-6,9H2,2H3. The zero-order chi connectivity index (χ0) is 12.7. The van der Waals surface area contributed by atoms with E-state index in [9.17, 15) is 0 Å². The van der Waals surface area contributed by atoms with Gasteiger partial charge in [0, 0.05) is 12.5 Å². The molecule has 17 heavy (non-hydrogen) atoms. The summed E-state index contributed by atoms with van der Waals surface area (Å²) in [4.78, 5) is 0. The zero-order valence-corrected chi connectivity index (χ0v) is 11.5. The molecule has 0 saturated carbocycles. The maximum atomic E-state index is 6.01. The van der Waals surface area contributed by atoms with Gasteiger partial charge >= 0.3 is 0 Å². The SMILES string of the molecule is C#CCCCNC(CC)c1ccc(Cl)c(Cl)c1. The Hall–Kier alpha value is -0.680. The van der Waals surface area contributed by atoms with Gasteiger partial charge in [-0.05, 0) is 37.1 Å². The molecule has 0 amide bonds. The van der Waals surface area contributed by atoms with Crippen LogP contribution in [0.5, 0.6) is 0 Å². The monoisotopic (exact) mass is 269 g/mol. The van der Waals surface area contributed by atoms with Gasteiger partial charge in [-0.15, -0.1) is 12.3 Å². The molecule has 0 aromatic heterocycles. The van der Waals surface area contributed by atoms with Gasteiger partial charge in [-0.2, -0.15) is 0 Å². The molecule has 0 spiro atoms. The van der Waals surface area contributed by atoms with Crippen LogP contribution in [0.2, 0.25) is 10.0 Å². The maximum absolute atomic E-state index is 6.01. The number of halogens is 2. The van der Waals surface area contributed by atoms with Crippen LogP contribution in [0.1, 0.15) is 37.8 Å². The smallest absolute Gasteiger partial charge is 0.0595 e. The van der Waals surface area contributed by atoms with Crippen LogP contribution >= 0.6 is 23.2 Å². The molecule has 1 N–H and O–H groups in total. The minimum atomic E-state index is 0.308. The Morgan fingerprint density at radius 1 is 1.35 bits per heavy atom. The van der Waals surface area contributed by atoms with Gasteiger partial charge in [0.05, 0.1) is 10.0 Å². The van der Waals surface area contributed by atoms with Gasteiger partial charge in [0.25, 0.3) is 0 Å². The molecule has 0 aliphatic rings. The van der Waals surface area contributed by atoms with Crippen molar-refractivity contribution in [3.63, 3.8) is 0 Å². The van der Waals surface area contributed by atoms with Crippen LogP contribution < -0.4 is 5.32 Å². The molecule has 0 bridgehead atoms. The van der Waals surface area contributed by atoms with Crippen molar-refractivity contribution in [2.45, 2.75) is 32.2 Å². The summed E-state index contributed by atoms with van der Waals surface area (Å²) in [6.45, 7) is 3.06. The molecular weight excluding hydrogens is 253 g/mol. The molecule has 0 aliphatic heterocycles. The topological polar surface area (TPSA) is 12.0 Å². The molecule has 1 aromatic rings. The highest BCUT2D eigenvalue weighted by molar-refractivity contribution is 6.42. The summed E-state index contributed by atoms with van der Waals surface area (Å²) in [6.07, 6.45) is 8.03. The number of hydrogen-bond acceptors (Lipinski definition) is 1. The van der Waals surface area contributed by atoms with Crippen molar-refractivity contribution in [1.29, 1.82) is 0 Å². The first kappa shape index (κ1) is 14.4. The van der Waals surface area contributed by atoms with Gasteiger partial charge in [0.15, 0.2) is 0 Å². The number of benzene rings is 1. The van der Waals surface area contributed by atoms with E-state index in [1.807, 2.05) is 18.2 Å².